The van der Waals surface area contributed by atoms with Gasteiger partial charge in [-0.15, -0.1) is 0 Å². The van der Waals surface area contributed by atoms with Gasteiger partial charge in [-0.2, -0.15) is 0 Å². The molecule has 6 nitrogen and oxygen atoms in total. The molecule has 33 heavy (non-hydrogen) atoms. The fraction of sp³-hybridized carbons (Fsp3) is 0.815. The molecule has 4 aliphatic carbocycles. The molecule has 6 heteroatoms. The first kappa shape index (κ1) is 24.6. The monoisotopic (exact) mass is 460 g/mol. The molecule has 4 aliphatic rings. The van der Waals surface area contributed by atoms with Crippen molar-refractivity contribution >= 4 is 17.5 Å². The molecule has 2 unspecified atom stereocenters. The van der Waals surface area contributed by atoms with Crippen molar-refractivity contribution in [2.24, 2.45) is 34.5 Å². The summed E-state index contributed by atoms with van der Waals surface area (Å²) in [6, 6.07) is 0. The van der Waals surface area contributed by atoms with Gasteiger partial charge in [0.15, 0.2) is 18.7 Å². The first-order chi connectivity index (χ1) is 15.5. The van der Waals surface area contributed by atoms with Crippen LogP contribution in [0.1, 0.15) is 79.6 Å². The number of hydrogen-bond acceptors (Lipinski definition) is 6. The second kappa shape index (κ2) is 8.60. The lowest BCUT2D eigenvalue weighted by molar-refractivity contribution is -0.235. The van der Waals surface area contributed by atoms with Gasteiger partial charge in [0.25, 0.3) is 0 Å². The number of ketones is 2. The van der Waals surface area contributed by atoms with Crippen LogP contribution in [-0.2, 0) is 28.6 Å². The summed E-state index contributed by atoms with van der Waals surface area (Å²) < 4.78 is 17.0. The number of allylic oxidation sites excluding steroid dienone is 1. The van der Waals surface area contributed by atoms with E-state index in [0.717, 1.165) is 32.1 Å². The van der Waals surface area contributed by atoms with Crippen molar-refractivity contribution in [3.8, 4) is 0 Å². The largest absolute Gasteiger partial charge is 0.458 e. The first-order valence-electron chi connectivity index (χ1n) is 12.6. The van der Waals surface area contributed by atoms with E-state index in [4.69, 9.17) is 14.2 Å². The minimum Gasteiger partial charge on any atom is -0.458 e. The summed E-state index contributed by atoms with van der Waals surface area (Å²) in [5.41, 5.74) is 0.0460. The zero-order valence-electron chi connectivity index (χ0n) is 21.1. The van der Waals surface area contributed by atoms with E-state index < -0.39 is 17.9 Å². The van der Waals surface area contributed by atoms with Crippen molar-refractivity contribution in [3.63, 3.8) is 0 Å². The zero-order valence-corrected chi connectivity index (χ0v) is 21.1. The molecule has 0 aliphatic heterocycles. The molecule has 8 atom stereocenters. The van der Waals surface area contributed by atoms with Gasteiger partial charge in [-0.05, 0) is 80.6 Å². The Morgan fingerprint density at radius 3 is 2.52 bits per heavy atom. The highest BCUT2D eigenvalue weighted by Gasteiger charge is 2.68. The van der Waals surface area contributed by atoms with E-state index in [1.54, 1.807) is 7.11 Å². The van der Waals surface area contributed by atoms with E-state index >= 15 is 0 Å². The van der Waals surface area contributed by atoms with Gasteiger partial charge in [0.05, 0.1) is 0 Å². The molecule has 3 fully saturated rings. The number of hydrogen-bond donors (Lipinski definition) is 0. The predicted molar refractivity (Wildman–Crippen MR) is 123 cm³/mol. The van der Waals surface area contributed by atoms with Crippen LogP contribution in [0.4, 0.5) is 0 Å². The fourth-order valence-electron chi connectivity index (χ4n) is 8.32. The highest BCUT2D eigenvalue weighted by Crippen LogP contribution is 2.69. The molecule has 184 valence electrons. The van der Waals surface area contributed by atoms with Gasteiger partial charge < -0.3 is 14.2 Å². The molecule has 0 amide bonds. The summed E-state index contributed by atoms with van der Waals surface area (Å²) >= 11 is 0. The van der Waals surface area contributed by atoms with Gasteiger partial charge in [0, 0.05) is 25.9 Å². The third-order valence-electron chi connectivity index (χ3n) is 9.95. The Balaban J connectivity index is 1.69. The van der Waals surface area contributed by atoms with Crippen molar-refractivity contribution in [1.82, 2.24) is 0 Å². The number of rotatable bonds is 6. The normalized spacial score (nSPS) is 43.1. The number of carbonyl (C=O) groups is 3. The van der Waals surface area contributed by atoms with Crippen LogP contribution in [-0.4, -0.2) is 43.1 Å². The Labute approximate surface area is 197 Å². The van der Waals surface area contributed by atoms with Crippen LogP contribution in [0.15, 0.2) is 11.6 Å². The summed E-state index contributed by atoms with van der Waals surface area (Å²) in [5, 5.41) is 0. The van der Waals surface area contributed by atoms with Crippen molar-refractivity contribution in [2.75, 3.05) is 13.7 Å². The minimum atomic E-state index is -1.02. The molecular formula is C27H40O6. The molecule has 0 radical (unpaired) electrons. The molecule has 0 saturated heterocycles. The van der Waals surface area contributed by atoms with E-state index in [2.05, 4.69) is 20.8 Å². The molecule has 0 heterocycles. The van der Waals surface area contributed by atoms with E-state index in [-0.39, 0.29) is 29.0 Å². The van der Waals surface area contributed by atoms with Crippen molar-refractivity contribution in [2.45, 2.75) is 91.5 Å². The zero-order chi connectivity index (χ0) is 24.2. The lowest BCUT2D eigenvalue weighted by Crippen LogP contribution is -2.60. The highest BCUT2D eigenvalue weighted by atomic mass is 16.7. The average molecular weight is 461 g/mol. The van der Waals surface area contributed by atoms with Crippen molar-refractivity contribution in [1.29, 1.82) is 0 Å². The van der Waals surface area contributed by atoms with E-state index in [9.17, 15) is 14.4 Å². The van der Waals surface area contributed by atoms with Crippen LogP contribution in [0.3, 0.4) is 0 Å². The Kier molecular flexibility index (Phi) is 6.41. The van der Waals surface area contributed by atoms with Gasteiger partial charge in [-0.1, -0.05) is 26.3 Å². The molecule has 4 rings (SSSR count). The first-order valence-corrected chi connectivity index (χ1v) is 12.6. The number of ether oxygens (including phenoxy) is 3. The number of fused-ring (bicyclic) bond motifs is 5. The molecule has 0 aromatic heterocycles. The van der Waals surface area contributed by atoms with Crippen molar-refractivity contribution < 1.29 is 28.6 Å². The van der Waals surface area contributed by atoms with Crippen LogP contribution in [0.2, 0.25) is 0 Å². The average Bonchev–Trinajstić information content (AvgIpc) is 3.06. The van der Waals surface area contributed by atoms with Crippen LogP contribution in [0, 0.1) is 34.5 Å². The summed E-state index contributed by atoms with van der Waals surface area (Å²) in [6.45, 7) is 9.75. The smallest absolute Gasteiger partial charge is 0.303 e. The standard InChI is InChI=1S/C27H40O6/c1-16-13-20-21(25(4)10-7-19(29)14-23(16)25)8-11-26(5)22(20)9-12-27(26,33-18(3)31-6)24(30)15-32-17(2)28/h14,16,18,20-22H,7-13,15H2,1-6H3/t16?,18?,20-,21+,22+,25-,26+,27+/m1/s1. The van der Waals surface area contributed by atoms with Crippen LogP contribution >= 0.6 is 0 Å². The maximum Gasteiger partial charge on any atom is 0.303 e. The van der Waals surface area contributed by atoms with E-state index in [1.165, 1.54) is 12.5 Å². The summed E-state index contributed by atoms with van der Waals surface area (Å²) in [7, 11) is 1.59. The predicted octanol–water partition coefficient (Wildman–Crippen LogP) is 4.64. The molecule has 3 saturated carbocycles. The van der Waals surface area contributed by atoms with E-state index in [1.807, 2.05) is 13.0 Å². The third kappa shape index (κ3) is 3.72. The molecule has 0 N–H and O–H groups in total. The maximum absolute atomic E-state index is 13.6. The Hall–Kier alpha value is -1.53. The lowest BCUT2D eigenvalue weighted by Gasteiger charge is -2.60. The highest BCUT2D eigenvalue weighted by molar-refractivity contribution is 5.92. The second-order valence-corrected chi connectivity index (χ2v) is 11.4. The number of carbonyl (C=O) groups excluding carboxylic acids is 3. The van der Waals surface area contributed by atoms with E-state index in [0.29, 0.717) is 36.5 Å². The topological polar surface area (TPSA) is 78.9 Å². The van der Waals surface area contributed by atoms with Gasteiger partial charge in [0.1, 0.15) is 5.60 Å². The number of Topliss-reactive ketones (excluding diaryl/α,β-unsaturated/α-hetero) is 1. The van der Waals surface area contributed by atoms with Crippen molar-refractivity contribution in [3.05, 3.63) is 11.6 Å². The van der Waals surface area contributed by atoms with Crippen LogP contribution < -0.4 is 0 Å². The summed E-state index contributed by atoms with van der Waals surface area (Å²) in [6.07, 6.45) is 7.47. The van der Waals surface area contributed by atoms with Gasteiger partial charge in [-0.3, -0.25) is 14.4 Å². The lowest BCUT2D eigenvalue weighted by atomic mass is 9.44. The Morgan fingerprint density at radius 2 is 1.85 bits per heavy atom. The second-order valence-electron chi connectivity index (χ2n) is 11.4. The molecule has 0 aromatic rings. The van der Waals surface area contributed by atoms with Gasteiger partial charge in [-0.25, -0.2) is 0 Å². The molecular weight excluding hydrogens is 420 g/mol. The van der Waals surface area contributed by atoms with Crippen LogP contribution in [0.25, 0.3) is 0 Å². The SMILES string of the molecule is COC(C)O[C@]1(C(=O)COC(C)=O)CC[C@H]2[C@@H]3CC(C)C4=CC(=O)CC[C@]4(C)[C@H]3CC[C@@]21C. The number of methoxy groups -OCH3 is 1. The Morgan fingerprint density at radius 1 is 1.15 bits per heavy atom. The Bertz CT molecular complexity index is 863. The quantitative estimate of drug-likeness (QED) is 0.424. The third-order valence-corrected chi connectivity index (χ3v) is 9.95. The van der Waals surface area contributed by atoms with Gasteiger partial charge >= 0.3 is 5.97 Å². The fourth-order valence-corrected chi connectivity index (χ4v) is 8.32. The summed E-state index contributed by atoms with van der Waals surface area (Å²) in [4.78, 5) is 37.3. The molecule has 0 bridgehead atoms. The molecule has 0 spiro atoms. The summed E-state index contributed by atoms with van der Waals surface area (Å²) in [5.74, 6) is 1.38. The minimum absolute atomic E-state index is 0.0608. The molecule has 0 aromatic carbocycles. The maximum atomic E-state index is 13.6. The van der Waals surface area contributed by atoms with Gasteiger partial charge in [0.2, 0.25) is 5.78 Å². The van der Waals surface area contributed by atoms with Crippen LogP contribution in [0.5, 0.6) is 0 Å². The number of esters is 1.